The molecule has 0 radical (unpaired) electrons. The average Bonchev–Trinajstić information content (AvgIpc) is 1.87. The van der Waals surface area contributed by atoms with Gasteiger partial charge in [0.2, 0.25) is 0 Å². The highest BCUT2D eigenvalue weighted by molar-refractivity contribution is 5.76. The monoisotopic (exact) mass is 166 g/mol. The summed E-state index contributed by atoms with van der Waals surface area (Å²) in [6, 6.07) is 0. The van der Waals surface area contributed by atoms with Gasteiger partial charge in [-0.15, -0.1) is 0 Å². The van der Waals surface area contributed by atoms with Gasteiger partial charge in [0.1, 0.15) is 0 Å². The fraction of sp³-hybridized carbons (Fsp3) is 0.857. The van der Waals surface area contributed by atoms with Crippen LogP contribution in [-0.2, 0) is 4.79 Å². The van der Waals surface area contributed by atoms with E-state index >= 15 is 0 Å². The lowest BCUT2D eigenvalue weighted by Crippen LogP contribution is -2.43. The number of hydrogen-bond acceptors (Lipinski definition) is 1. The van der Waals surface area contributed by atoms with Crippen molar-refractivity contribution in [3.8, 4) is 0 Å². The molecule has 2 nitrogen and oxygen atoms in total. The summed E-state index contributed by atoms with van der Waals surface area (Å²) in [7, 11) is 0. The van der Waals surface area contributed by atoms with Crippen molar-refractivity contribution >= 4 is 5.97 Å². The molecule has 0 aliphatic rings. The lowest BCUT2D eigenvalue weighted by atomic mass is 9.83. The number of carboxylic acid groups (broad SMARTS) is 1. The molecule has 0 aliphatic carbocycles. The number of carboxylic acids is 1. The Morgan fingerprint density at radius 2 is 1.82 bits per heavy atom. The summed E-state index contributed by atoms with van der Waals surface area (Å²) in [5.74, 6) is -5.69. The van der Waals surface area contributed by atoms with Crippen LogP contribution in [0.25, 0.3) is 0 Å². The Labute approximate surface area is 64.2 Å². The van der Waals surface area contributed by atoms with E-state index in [1.54, 1.807) is 0 Å². The number of halogens is 2. The van der Waals surface area contributed by atoms with Crippen LogP contribution in [0.5, 0.6) is 0 Å². The van der Waals surface area contributed by atoms with Gasteiger partial charge in [0.25, 0.3) is 0 Å². The van der Waals surface area contributed by atoms with Gasteiger partial charge in [0.05, 0.1) is 0 Å². The Morgan fingerprint density at radius 3 is 1.91 bits per heavy atom. The molecular formula is C7H12F2O2. The van der Waals surface area contributed by atoms with Crippen LogP contribution in [0.2, 0.25) is 0 Å². The molecule has 0 aromatic rings. The Hall–Kier alpha value is -0.670. The topological polar surface area (TPSA) is 37.3 Å². The van der Waals surface area contributed by atoms with Gasteiger partial charge in [0, 0.05) is 5.41 Å². The van der Waals surface area contributed by atoms with E-state index in [-0.39, 0.29) is 6.42 Å². The van der Waals surface area contributed by atoms with Crippen LogP contribution in [0.4, 0.5) is 8.78 Å². The third-order valence-corrected chi connectivity index (χ3v) is 2.00. The maximum Gasteiger partial charge on any atom is 0.375 e. The molecule has 0 unspecified atom stereocenters. The SMILES string of the molecule is CCC(C)(C)C(F)(F)C(=O)O. The van der Waals surface area contributed by atoms with Crippen LogP contribution in [0, 0.1) is 5.41 Å². The van der Waals surface area contributed by atoms with Crippen LogP contribution in [0.3, 0.4) is 0 Å². The highest BCUT2D eigenvalue weighted by Crippen LogP contribution is 2.38. The summed E-state index contributed by atoms with van der Waals surface area (Å²) in [5.41, 5.74) is -1.47. The second-order valence-electron chi connectivity index (χ2n) is 3.12. The molecule has 0 aromatic carbocycles. The summed E-state index contributed by atoms with van der Waals surface area (Å²) in [6.45, 7) is 4.01. The van der Waals surface area contributed by atoms with Gasteiger partial charge >= 0.3 is 11.9 Å². The van der Waals surface area contributed by atoms with Gasteiger partial charge < -0.3 is 5.11 Å². The third-order valence-electron chi connectivity index (χ3n) is 2.00. The fourth-order valence-electron chi connectivity index (χ4n) is 0.511. The minimum atomic E-state index is -3.64. The predicted molar refractivity (Wildman–Crippen MR) is 36.7 cm³/mol. The van der Waals surface area contributed by atoms with Crippen molar-refractivity contribution < 1.29 is 18.7 Å². The Morgan fingerprint density at radius 1 is 1.45 bits per heavy atom. The molecule has 0 bridgehead atoms. The van der Waals surface area contributed by atoms with Crippen LogP contribution < -0.4 is 0 Å². The van der Waals surface area contributed by atoms with E-state index in [0.717, 1.165) is 0 Å². The van der Waals surface area contributed by atoms with Crippen molar-refractivity contribution in [2.45, 2.75) is 33.1 Å². The normalized spacial score (nSPS) is 13.2. The molecular weight excluding hydrogens is 154 g/mol. The lowest BCUT2D eigenvalue weighted by Gasteiger charge is -2.29. The summed E-state index contributed by atoms with van der Waals surface area (Å²) in [4.78, 5) is 10.1. The van der Waals surface area contributed by atoms with Crippen LogP contribution in [0.1, 0.15) is 27.2 Å². The van der Waals surface area contributed by atoms with Crippen molar-refractivity contribution in [1.82, 2.24) is 0 Å². The van der Waals surface area contributed by atoms with E-state index in [2.05, 4.69) is 0 Å². The largest absolute Gasteiger partial charge is 0.477 e. The highest BCUT2D eigenvalue weighted by atomic mass is 19.3. The van der Waals surface area contributed by atoms with Gasteiger partial charge in [-0.25, -0.2) is 4.79 Å². The van der Waals surface area contributed by atoms with Gasteiger partial charge in [-0.2, -0.15) is 8.78 Å². The van der Waals surface area contributed by atoms with E-state index in [0.29, 0.717) is 0 Å². The van der Waals surface area contributed by atoms with Gasteiger partial charge in [0.15, 0.2) is 0 Å². The molecule has 0 aliphatic heterocycles. The smallest absolute Gasteiger partial charge is 0.375 e. The molecule has 0 spiro atoms. The molecule has 0 atom stereocenters. The summed E-state index contributed by atoms with van der Waals surface area (Å²) < 4.78 is 25.4. The number of rotatable bonds is 3. The molecule has 1 N–H and O–H groups in total. The number of carbonyl (C=O) groups is 1. The van der Waals surface area contributed by atoms with Gasteiger partial charge in [-0.1, -0.05) is 20.8 Å². The quantitative estimate of drug-likeness (QED) is 0.697. The molecule has 0 rings (SSSR count). The zero-order chi connectivity index (χ0) is 9.28. The van der Waals surface area contributed by atoms with Crippen molar-refractivity contribution in [3.05, 3.63) is 0 Å². The van der Waals surface area contributed by atoms with E-state index in [9.17, 15) is 13.6 Å². The van der Waals surface area contributed by atoms with Crippen LogP contribution in [0.15, 0.2) is 0 Å². The molecule has 66 valence electrons. The predicted octanol–water partition coefficient (Wildman–Crippen LogP) is 2.14. The first-order valence-corrected chi connectivity index (χ1v) is 3.37. The lowest BCUT2D eigenvalue weighted by molar-refractivity contribution is -0.184. The molecule has 0 heterocycles. The average molecular weight is 166 g/mol. The van der Waals surface area contributed by atoms with E-state index in [4.69, 9.17) is 5.11 Å². The second-order valence-corrected chi connectivity index (χ2v) is 3.12. The number of alkyl halides is 2. The molecule has 0 saturated heterocycles. The zero-order valence-corrected chi connectivity index (χ0v) is 6.82. The van der Waals surface area contributed by atoms with Gasteiger partial charge in [-0.3, -0.25) is 0 Å². The molecule has 11 heavy (non-hydrogen) atoms. The third kappa shape index (κ3) is 1.67. The fourth-order valence-corrected chi connectivity index (χ4v) is 0.511. The van der Waals surface area contributed by atoms with Crippen LogP contribution in [-0.4, -0.2) is 17.0 Å². The summed E-state index contributed by atoms with van der Waals surface area (Å²) >= 11 is 0. The van der Waals surface area contributed by atoms with Crippen molar-refractivity contribution in [2.75, 3.05) is 0 Å². The van der Waals surface area contributed by atoms with E-state index < -0.39 is 17.3 Å². The molecule has 4 heteroatoms. The maximum absolute atomic E-state index is 12.7. The maximum atomic E-state index is 12.7. The molecule has 0 saturated carbocycles. The first kappa shape index (κ1) is 10.3. The first-order chi connectivity index (χ1) is 4.75. The van der Waals surface area contributed by atoms with Gasteiger partial charge in [-0.05, 0) is 6.42 Å². The first-order valence-electron chi connectivity index (χ1n) is 3.37. The number of hydrogen-bond donors (Lipinski definition) is 1. The Kier molecular flexibility index (Phi) is 2.59. The molecule has 0 amide bonds. The minimum absolute atomic E-state index is 0.131. The van der Waals surface area contributed by atoms with Crippen molar-refractivity contribution in [3.63, 3.8) is 0 Å². The van der Waals surface area contributed by atoms with E-state index in [1.807, 2.05) is 0 Å². The standard InChI is InChI=1S/C7H12F2O2/c1-4-6(2,3)7(8,9)5(10)11/h4H2,1-3H3,(H,10,11). The molecule has 0 aromatic heterocycles. The number of aliphatic carboxylic acids is 1. The zero-order valence-electron chi connectivity index (χ0n) is 6.82. The Bertz CT molecular complexity index is 164. The second kappa shape index (κ2) is 2.75. The van der Waals surface area contributed by atoms with Crippen molar-refractivity contribution in [1.29, 1.82) is 0 Å². The van der Waals surface area contributed by atoms with Crippen LogP contribution >= 0.6 is 0 Å². The van der Waals surface area contributed by atoms with E-state index in [1.165, 1.54) is 20.8 Å². The minimum Gasteiger partial charge on any atom is -0.477 e. The van der Waals surface area contributed by atoms with Crippen molar-refractivity contribution in [2.24, 2.45) is 5.41 Å². The summed E-state index contributed by atoms with van der Waals surface area (Å²) in [6.07, 6.45) is 0.131. The summed E-state index contributed by atoms with van der Waals surface area (Å²) in [5, 5.41) is 8.16. The Balaban J connectivity index is 4.67. The molecule has 0 fully saturated rings. The highest BCUT2D eigenvalue weighted by Gasteiger charge is 2.52.